The van der Waals surface area contributed by atoms with Crippen molar-refractivity contribution in [2.75, 3.05) is 7.11 Å². The van der Waals surface area contributed by atoms with Crippen molar-refractivity contribution in [3.63, 3.8) is 0 Å². The molecule has 1 aliphatic rings. The lowest BCUT2D eigenvalue weighted by Crippen LogP contribution is -2.48. The summed E-state index contributed by atoms with van der Waals surface area (Å²) < 4.78 is 42.2. The summed E-state index contributed by atoms with van der Waals surface area (Å²) in [5.41, 5.74) is 1.20. The SMILES string of the molecule is COC(=O)CCC/C=C\C[C@@H]1[C@@H](/C=C/[C@](C)(CCc2ccccc2F)O[Si](C)(C)C(C)(C)C)[C@H](OCc2ccccc2Br)C[C@@H]1O[Si](C)(C)C(C)(C)C. The first-order valence-electron chi connectivity index (χ1n) is 19.5. The summed E-state index contributed by atoms with van der Waals surface area (Å²) in [6.45, 7) is 25.6. The molecule has 2 aromatic carbocycles. The Morgan fingerprint density at radius 3 is 2.11 bits per heavy atom. The number of allylic oxidation sites excluding steroid dienone is 2. The first-order chi connectivity index (χ1) is 24.6. The van der Waals surface area contributed by atoms with Crippen molar-refractivity contribution in [2.24, 2.45) is 11.8 Å². The molecule has 3 rings (SSSR count). The molecule has 0 heterocycles. The average Bonchev–Trinajstić information content (AvgIpc) is 3.38. The quantitative estimate of drug-likeness (QED) is 0.0648. The summed E-state index contributed by atoms with van der Waals surface area (Å²) in [7, 11) is -2.92. The smallest absolute Gasteiger partial charge is 0.305 e. The fourth-order valence-corrected chi connectivity index (χ4v) is 9.91. The molecule has 1 saturated carbocycles. The fourth-order valence-electron chi connectivity index (χ4n) is 6.48. The van der Waals surface area contributed by atoms with E-state index in [1.807, 2.05) is 24.3 Å². The van der Waals surface area contributed by atoms with Crippen molar-refractivity contribution in [2.45, 2.75) is 154 Å². The van der Waals surface area contributed by atoms with Gasteiger partial charge in [0, 0.05) is 16.8 Å². The largest absolute Gasteiger partial charge is 0.469 e. The van der Waals surface area contributed by atoms with E-state index < -0.39 is 22.2 Å². The predicted octanol–water partition coefficient (Wildman–Crippen LogP) is 12.8. The van der Waals surface area contributed by atoms with E-state index in [1.165, 1.54) is 7.11 Å². The first-order valence-corrected chi connectivity index (χ1v) is 26.1. The molecule has 0 amide bonds. The molecular weight excluding hydrogens is 764 g/mol. The Balaban J connectivity index is 2.06. The molecule has 0 unspecified atom stereocenters. The van der Waals surface area contributed by atoms with Gasteiger partial charge in [-0.3, -0.25) is 4.79 Å². The highest BCUT2D eigenvalue weighted by molar-refractivity contribution is 9.10. The molecule has 0 saturated heterocycles. The van der Waals surface area contributed by atoms with Crippen molar-refractivity contribution in [3.05, 3.63) is 94.3 Å². The van der Waals surface area contributed by atoms with Gasteiger partial charge in [0.1, 0.15) is 5.82 Å². The molecule has 0 spiro atoms. The molecular formula is C44H68BrFO5Si2. The normalized spacial score (nSPS) is 21.4. The summed E-state index contributed by atoms with van der Waals surface area (Å²) >= 11 is 3.73. The lowest BCUT2D eigenvalue weighted by Gasteiger charge is -2.43. The van der Waals surface area contributed by atoms with E-state index in [4.69, 9.17) is 18.3 Å². The zero-order valence-electron chi connectivity index (χ0n) is 34.7. The van der Waals surface area contributed by atoms with Gasteiger partial charge in [-0.2, -0.15) is 0 Å². The molecule has 0 radical (unpaired) electrons. The van der Waals surface area contributed by atoms with Crippen LogP contribution in [0.4, 0.5) is 4.39 Å². The maximum atomic E-state index is 14.9. The number of hydrogen-bond donors (Lipinski definition) is 0. The van der Waals surface area contributed by atoms with Crippen LogP contribution in [0, 0.1) is 17.7 Å². The van der Waals surface area contributed by atoms with E-state index in [1.54, 1.807) is 12.1 Å². The highest BCUT2D eigenvalue weighted by atomic mass is 79.9. The zero-order valence-corrected chi connectivity index (χ0v) is 38.3. The number of aryl methyl sites for hydroxylation is 1. The average molecular weight is 832 g/mol. The predicted molar refractivity (Wildman–Crippen MR) is 227 cm³/mol. The van der Waals surface area contributed by atoms with Gasteiger partial charge < -0.3 is 18.3 Å². The van der Waals surface area contributed by atoms with Gasteiger partial charge in [-0.15, -0.1) is 0 Å². The number of methoxy groups -OCH3 is 1. The minimum atomic E-state index is -2.22. The van der Waals surface area contributed by atoms with Gasteiger partial charge in [0.05, 0.1) is 31.5 Å². The lowest BCUT2D eigenvalue weighted by molar-refractivity contribution is -0.140. The summed E-state index contributed by atoms with van der Waals surface area (Å²) in [6.07, 6.45) is 13.9. The molecule has 0 aliphatic heterocycles. The van der Waals surface area contributed by atoms with E-state index >= 15 is 0 Å². The van der Waals surface area contributed by atoms with E-state index in [9.17, 15) is 9.18 Å². The van der Waals surface area contributed by atoms with Crippen molar-refractivity contribution in [1.82, 2.24) is 0 Å². The summed E-state index contributed by atoms with van der Waals surface area (Å²) in [4.78, 5) is 11.7. The van der Waals surface area contributed by atoms with E-state index in [0.717, 1.165) is 35.7 Å². The molecule has 1 aliphatic carbocycles. The molecule has 0 N–H and O–H groups in total. The maximum Gasteiger partial charge on any atom is 0.305 e. The third kappa shape index (κ3) is 13.4. The Bertz CT molecular complexity index is 1530. The molecule has 296 valence electrons. The van der Waals surface area contributed by atoms with Crippen molar-refractivity contribution >= 4 is 38.5 Å². The van der Waals surface area contributed by atoms with Crippen LogP contribution in [-0.2, 0) is 36.1 Å². The summed E-state index contributed by atoms with van der Waals surface area (Å²) in [5, 5.41) is 0.0637. The molecule has 0 aromatic heterocycles. The molecule has 9 heteroatoms. The van der Waals surface area contributed by atoms with Gasteiger partial charge >= 0.3 is 5.97 Å². The summed E-state index contributed by atoms with van der Waals surface area (Å²) in [6, 6.07) is 15.3. The van der Waals surface area contributed by atoms with Crippen molar-refractivity contribution in [3.8, 4) is 0 Å². The third-order valence-corrected chi connectivity index (χ3v) is 21.8. The van der Waals surface area contributed by atoms with Gasteiger partial charge in [-0.1, -0.05) is 118 Å². The molecule has 5 atom stereocenters. The van der Waals surface area contributed by atoms with Crippen LogP contribution in [0.25, 0.3) is 0 Å². The van der Waals surface area contributed by atoms with E-state index in [2.05, 4.69) is 127 Å². The van der Waals surface area contributed by atoms with Crippen LogP contribution in [0.2, 0.25) is 36.3 Å². The van der Waals surface area contributed by atoms with Crippen LogP contribution in [0.1, 0.15) is 98.1 Å². The Kier molecular flexibility index (Phi) is 16.6. The van der Waals surface area contributed by atoms with Crippen molar-refractivity contribution < 1.29 is 27.5 Å². The van der Waals surface area contributed by atoms with Crippen LogP contribution < -0.4 is 0 Å². The number of ether oxygens (including phenoxy) is 2. The topological polar surface area (TPSA) is 54.0 Å². The highest BCUT2D eigenvalue weighted by Gasteiger charge is 2.48. The van der Waals surface area contributed by atoms with E-state index in [0.29, 0.717) is 31.4 Å². The second kappa shape index (κ2) is 19.3. The van der Waals surface area contributed by atoms with Gasteiger partial charge in [-0.25, -0.2) is 4.39 Å². The number of benzene rings is 2. The number of hydrogen-bond acceptors (Lipinski definition) is 5. The van der Waals surface area contributed by atoms with Gasteiger partial charge in [0.2, 0.25) is 0 Å². The fraction of sp³-hybridized carbons (Fsp3) is 0.614. The Morgan fingerprint density at radius 1 is 0.887 bits per heavy atom. The maximum absolute atomic E-state index is 14.9. The van der Waals surface area contributed by atoms with Crippen LogP contribution in [-0.4, -0.2) is 47.5 Å². The Hall–Kier alpha value is -1.89. The summed E-state index contributed by atoms with van der Waals surface area (Å²) in [5.74, 6) is -0.121. The third-order valence-electron chi connectivity index (χ3n) is 11.9. The van der Waals surface area contributed by atoms with Gasteiger partial charge in [-0.05, 0) is 111 Å². The van der Waals surface area contributed by atoms with Gasteiger partial charge in [0.25, 0.3) is 0 Å². The molecule has 2 aromatic rings. The standard InChI is InChI=1S/C44H68BrFO5Si2/c1-42(2,3)52(9,10)50-40-31-39(49-32-34-22-17-19-24-37(34)45)36(35(40)23-15-13-14-16-26-41(47)48-8)28-30-44(7,51-53(11,12)43(4,5)6)29-27-33-21-18-20-25-38(33)46/h13,15,17-22,24-25,28,30,35-36,39-40H,14,16,23,26-27,29,31-32H2,1-12H3/b15-13-,30-28+/t35-,36-,39-,40+,44+/m1/s1. The zero-order chi connectivity index (χ0) is 39.7. The minimum absolute atomic E-state index is 0.00543. The van der Waals surface area contributed by atoms with Crippen molar-refractivity contribution in [1.29, 1.82) is 0 Å². The van der Waals surface area contributed by atoms with Gasteiger partial charge in [0.15, 0.2) is 16.6 Å². The molecule has 0 bridgehead atoms. The number of rotatable bonds is 18. The first kappa shape index (κ1) is 45.5. The van der Waals surface area contributed by atoms with E-state index in [-0.39, 0.29) is 45.9 Å². The number of esters is 1. The number of carbonyl (C=O) groups is 1. The minimum Gasteiger partial charge on any atom is -0.469 e. The Labute approximate surface area is 331 Å². The van der Waals surface area contributed by atoms with Crippen LogP contribution in [0.15, 0.2) is 77.3 Å². The number of halogens is 2. The number of unbranched alkanes of at least 4 members (excludes halogenated alkanes) is 1. The lowest BCUT2D eigenvalue weighted by atomic mass is 9.87. The monoisotopic (exact) mass is 830 g/mol. The van der Waals surface area contributed by atoms with Crippen LogP contribution in [0.3, 0.4) is 0 Å². The van der Waals surface area contributed by atoms with Crippen LogP contribution in [0.5, 0.6) is 0 Å². The Morgan fingerprint density at radius 2 is 1.51 bits per heavy atom. The molecule has 53 heavy (non-hydrogen) atoms. The second-order valence-corrected chi connectivity index (χ2v) is 28.5. The molecule has 5 nitrogen and oxygen atoms in total. The second-order valence-electron chi connectivity index (χ2n) is 18.1. The highest BCUT2D eigenvalue weighted by Crippen LogP contribution is 2.46. The van der Waals surface area contributed by atoms with Crippen LogP contribution >= 0.6 is 15.9 Å². The molecule has 1 fully saturated rings. The number of carbonyl (C=O) groups excluding carboxylic acids is 1.